The van der Waals surface area contributed by atoms with Crippen molar-refractivity contribution in [2.75, 3.05) is 46.0 Å². The Kier molecular flexibility index (Phi) is 11.5. The largest absolute Gasteiger partial charge is 0.361 e. The maximum atomic E-state index is 5.61. The molecule has 0 aliphatic rings. The molecule has 5 heteroatoms. The molecule has 0 atom stereocenters. The Morgan fingerprint density at radius 2 is 1.47 bits per heavy atom. The van der Waals surface area contributed by atoms with E-state index in [1.807, 2.05) is 0 Å². The lowest BCUT2D eigenvalue weighted by molar-refractivity contribution is -0.0132. The number of nitrogens with zero attached hydrogens (tertiary/aromatic N) is 1. The number of ether oxygens (including phenoxy) is 1. The Balaban J connectivity index is 3.56. The fourth-order valence-corrected chi connectivity index (χ4v) is 1.73. The third-order valence-electron chi connectivity index (χ3n) is 2.79. The standard InChI is InChI=1S/C14H34N4O/c1-14(2,3)19-13-17-9-6-12-18(10-4-7-15)11-5-8-16/h17H,4-13,15-16H2,1-3H3. The van der Waals surface area contributed by atoms with Gasteiger partial charge < -0.3 is 21.1 Å². The van der Waals surface area contributed by atoms with Gasteiger partial charge in [0.25, 0.3) is 0 Å². The predicted molar refractivity (Wildman–Crippen MR) is 82.1 cm³/mol. The summed E-state index contributed by atoms with van der Waals surface area (Å²) in [7, 11) is 0. The van der Waals surface area contributed by atoms with E-state index >= 15 is 0 Å². The molecule has 19 heavy (non-hydrogen) atoms. The molecule has 0 rings (SSSR count). The fraction of sp³-hybridized carbons (Fsp3) is 1.00. The second-order valence-corrected chi connectivity index (χ2v) is 5.88. The highest BCUT2D eigenvalue weighted by molar-refractivity contribution is 4.61. The molecular formula is C14H34N4O. The third-order valence-corrected chi connectivity index (χ3v) is 2.79. The Morgan fingerprint density at radius 3 is 1.95 bits per heavy atom. The minimum Gasteiger partial charge on any atom is -0.361 e. The number of hydrogen-bond acceptors (Lipinski definition) is 5. The molecule has 0 aromatic carbocycles. The Morgan fingerprint density at radius 1 is 0.947 bits per heavy atom. The van der Waals surface area contributed by atoms with Crippen LogP contribution in [0.25, 0.3) is 0 Å². The van der Waals surface area contributed by atoms with E-state index in [1.54, 1.807) is 0 Å². The minimum atomic E-state index is -0.0682. The van der Waals surface area contributed by atoms with Crippen molar-refractivity contribution in [2.45, 2.75) is 45.6 Å². The fourth-order valence-electron chi connectivity index (χ4n) is 1.73. The summed E-state index contributed by atoms with van der Waals surface area (Å²) in [6.45, 7) is 12.6. The van der Waals surface area contributed by atoms with Crippen LogP contribution in [0.3, 0.4) is 0 Å². The predicted octanol–water partition coefficient (Wildman–Crippen LogP) is 0.738. The van der Waals surface area contributed by atoms with Crippen molar-refractivity contribution in [1.82, 2.24) is 10.2 Å². The van der Waals surface area contributed by atoms with Gasteiger partial charge in [-0.05, 0) is 79.3 Å². The van der Waals surface area contributed by atoms with Gasteiger partial charge in [-0.25, -0.2) is 0 Å². The second-order valence-electron chi connectivity index (χ2n) is 5.88. The van der Waals surface area contributed by atoms with Gasteiger partial charge in [-0.15, -0.1) is 0 Å². The van der Waals surface area contributed by atoms with Crippen LogP contribution in [0.4, 0.5) is 0 Å². The average Bonchev–Trinajstić information content (AvgIpc) is 2.34. The molecule has 0 heterocycles. The monoisotopic (exact) mass is 274 g/mol. The first-order valence-corrected chi connectivity index (χ1v) is 7.47. The van der Waals surface area contributed by atoms with Gasteiger partial charge in [0.15, 0.2) is 0 Å². The molecule has 116 valence electrons. The van der Waals surface area contributed by atoms with E-state index in [4.69, 9.17) is 16.2 Å². The highest BCUT2D eigenvalue weighted by atomic mass is 16.5. The zero-order chi connectivity index (χ0) is 14.6. The van der Waals surface area contributed by atoms with Crippen LogP contribution in [0.5, 0.6) is 0 Å². The molecule has 0 aliphatic carbocycles. The summed E-state index contributed by atoms with van der Waals surface area (Å²) >= 11 is 0. The molecule has 0 amide bonds. The maximum Gasteiger partial charge on any atom is 0.0972 e. The van der Waals surface area contributed by atoms with Gasteiger partial charge in [0.2, 0.25) is 0 Å². The van der Waals surface area contributed by atoms with Gasteiger partial charge in [-0.1, -0.05) is 0 Å². The van der Waals surface area contributed by atoms with Crippen molar-refractivity contribution >= 4 is 0 Å². The van der Waals surface area contributed by atoms with Gasteiger partial charge >= 0.3 is 0 Å². The Bertz CT molecular complexity index is 186. The van der Waals surface area contributed by atoms with Crippen molar-refractivity contribution in [2.24, 2.45) is 11.5 Å². The summed E-state index contributed by atoms with van der Waals surface area (Å²) in [5, 5.41) is 3.31. The van der Waals surface area contributed by atoms with Crippen LogP contribution in [0.1, 0.15) is 40.0 Å². The molecule has 0 unspecified atom stereocenters. The minimum absolute atomic E-state index is 0.0682. The van der Waals surface area contributed by atoms with E-state index in [-0.39, 0.29) is 5.60 Å². The van der Waals surface area contributed by atoms with Gasteiger partial charge in [-0.2, -0.15) is 0 Å². The first-order chi connectivity index (χ1) is 8.99. The van der Waals surface area contributed by atoms with Gasteiger partial charge in [0.1, 0.15) is 0 Å². The summed E-state index contributed by atoms with van der Waals surface area (Å²) in [6, 6.07) is 0. The zero-order valence-electron chi connectivity index (χ0n) is 13.1. The SMILES string of the molecule is CC(C)(C)OCNCCCN(CCCN)CCCN. The summed E-state index contributed by atoms with van der Waals surface area (Å²) < 4.78 is 5.61. The quantitative estimate of drug-likeness (QED) is 0.361. The van der Waals surface area contributed by atoms with E-state index in [0.29, 0.717) is 6.73 Å². The van der Waals surface area contributed by atoms with Crippen LogP contribution in [0.15, 0.2) is 0 Å². The molecule has 5 nitrogen and oxygen atoms in total. The molecule has 0 bridgehead atoms. The second kappa shape index (κ2) is 11.6. The average molecular weight is 274 g/mol. The van der Waals surface area contributed by atoms with Gasteiger partial charge in [0, 0.05) is 0 Å². The summed E-state index contributed by atoms with van der Waals surface area (Å²) in [6.07, 6.45) is 3.25. The smallest absolute Gasteiger partial charge is 0.0972 e. The number of nitrogens with one attached hydrogen (secondary N) is 1. The lowest BCUT2D eigenvalue weighted by Gasteiger charge is -2.22. The lowest BCUT2D eigenvalue weighted by atomic mass is 10.2. The molecule has 0 saturated carbocycles. The highest BCUT2D eigenvalue weighted by Crippen LogP contribution is 2.04. The molecule has 5 N–H and O–H groups in total. The molecule has 0 aromatic heterocycles. The van der Waals surface area contributed by atoms with E-state index in [1.165, 1.54) is 0 Å². The zero-order valence-corrected chi connectivity index (χ0v) is 13.1. The molecule has 0 fully saturated rings. The van der Waals surface area contributed by atoms with Crippen molar-refractivity contribution in [1.29, 1.82) is 0 Å². The third kappa shape index (κ3) is 14.0. The first-order valence-electron chi connectivity index (χ1n) is 7.47. The van der Waals surface area contributed by atoms with Crippen molar-refractivity contribution in [3.8, 4) is 0 Å². The van der Waals surface area contributed by atoms with Crippen LogP contribution in [0.2, 0.25) is 0 Å². The van der Waals surface area contributed by atoms with E-state index < -0.39 is 0 Å². The summed E-state index contributed by atoms with van der Waals surface area (Å²) in [5.74, 6) is 0. The normalized spacial score (nSPS) is 12.3. The van der Waals surface area contributed by atoms with E-state index in [2.05, 4.69) is 31.0 Å². The van der Waals surface area contributed by atoms with Crippen LogP contribution < -0.4 is 16.8 Å². The molecule has 0 aliphatic heterocycles. The Hall–Kier alpha value is -0.200. The lowest BCUT2D eigenvalue weighted by Crippen LogP contribution is -2.33. The van der Waals surface area contributed by atoms with Crippen molar-refractivity contribution in [3.05, 3.63) is 0 Å². The Labute approximate surface area is 119 Å². The maximum absolute atomic E-state index is 5.61. The van der Waals surface area contributed by atoms with Crippen LogP contribution >= 0.6 is 0 Å². The van der Waals surface area contributed by atoms with Gasteiger partial charge in [0.05, 0.1) is 12.3 Å². The van der Waals surface area contributed by atoms with Crippen LogP contribution in [-0.2, 0) is 4.74 Å². The number of nitrogens with two attached hydrogens (primary N) is 2. The molecule has 0 aromatic rings. The van der Waals surface area contributed by atoms with Crippen molar-refractivity contribution in [3.63, 3.8) is 0 Å². The molecule has 0 saturated heterocycles. The summed E-state index contributed by atoms with van der Waals surface area (Å²) in [4.78, 5) is 2.45. The van der Waals surface area contributed by atoms with Gasteiger partial charge in [-0.3, -0.25) is 5.32 Å². The highest BCUT2D eigenvalue weighted by Gasteiger charge is 2.08. The molecule has 0 spiro atoms. The van der Waals surface area contributed by atoms with E-state index in [9.17, 15) is 0 Å². The molecule has 0 radical (unpaired) electrons. The van der Waals surface area contributed by atoms with Crippen molar-refractivity contribution < 1.29 is 4.74 Å². The van der Waals surface area contributed by atoms with Crippen LogP contribution in [-0.4, -0.2) is 56.5 Å². The van der Waals surface area contributed by atoms with Crippen LogP contribution in [0, 0.1) is 0 Å². The molecular weight excluding hydrogens is 240 g/mol. The number of hydrogen-bond donors (Lipinski definition) is 3. The first kappa shape index (κ1) is 18.8. The topological polar surface area (TPSA) is 76.5 Å². The van der Waals surface area contributed by atoms with E-state index in [0.717, 1.165) is 58.5 Å². The summed E-state index contributed by atoms with van der Waals surface area (Å²) in [5.41, 5.74) is 11.1. The number of rotatable bonds is 12.